The van der Waals surface area contributed by atoms with Gasteiger partial charge in [-0.15, -0.1) is 0 Å². The Morgan fingerprint density at radius 1 is 1.80 bits per heavy atom. The molecule has 1 aliphatic rings. The molecule has 2 unspecified atom stereocenters. The molecule has 1 heterocycles. The fourth-order valence-corrected chi connectivity index (χ4v) is 1.19. The summed E-state index contributed by atoms with van der Waals surface area (Å²) in [4.78, 5) is 0. The minimum absolute atomic E-state index is 0.217. The Morgan fingerprint density at radius 2 is 2.50 bits per heavy atom. The van der Waals surface area contributed by atoms with E-state index in [0.717, 1.165) is 13.0 Å². The van der Waals surface area contributed by atoms with Crippen LogP contribution in [0.15, 0.2) is 11.6 Å². The highest BCUT2D eigenvalue weighted by atomic mass is 16.5. The van der Waals surface area contributed by atoms with Crippen molar-refractivity contribution in [1.29, 1.82) is 0 Å². The second kappa shape index (κ2) is 3.17. The van der Waals surface area contributed by atoms with E-state index in [2.05, 4.69) is 0 Å². The first-order chi connectivity index (χ1) is 4.70. The van der Waals surface area contributed by atoms with Crippen molar-refractivity contribution >= 4 is 0 Å². The summed E-state index contributed by atoms with van der Waals surface area (Å²) in [6.45, 7) is 4.58. The average Bonchev–Trinajstić information content (AvgIpc) is 2.15. The summed E-state index contributed by atoms with van der Waals surface area (Å²) in [6.07, 6.45) is 2.73. The largest absolute Gasteiger partial charge is 0.389 e. The molecular formula is C8H14O2. The van der Waals surface area contributed by atoms with Crippen molar-refractivity contribution in [2.24, 2.45) is 0 Å². The van der Waals surface area contributed by atoms with Gasteiger partial charge in [-0.3, -0.25) is 0 Å². The molecule has 1 rings (SSSR count). The van der Waals surface area contributed by atoms with E-state index in [9.17, 15) is 0 Å². The second-order valence-electron chi connectivity index (χ2n) is 2.75. The van der Waals surface area contributed by atoms with Gasteiger partial charge in [-0.05, 0) is 25.8 Å². The Balaban J connectivity index is 2.54. The first-order valence-electron chi connectivity index (χ1n) is 3.70. The molecule has 0 aliphatic carbocycles. The lowest BCUT2D eigenvalue weighted by atomic mass is 10.1. The molecule has 2 heteroatoms. The molecule has 0 saturated carbocycles. The van der Waals surface area contributed by atoms with E-state index in [1.54, 1.807) is 6.92 Å². The van der Waals surface area contributed by atoms with E-state index in [0.29, 0.717) is 0 Å². The molecule has 10 heavy (non-hydrogen) atoms. The highest BCUT2D eigenvalue weighted by molar-refractivity contribution is 5.12. The molecule has 1 fully saturated rings. The van der Waals surface area contributed by atoms with Crippen LogP contribution in [0.25, 0.3) is 0 Å². The molecule has 1 N–H and O–H groups in total. The predicted octanol–water partition coefficient (Wildman–Crippen LogP) is 1.10. The van der Waals surface area contributed by atoms with E-state index in [-0.39, 0.29) is 12.2 Å². The normalized spacial score (nSPS) is 33.1. The van der Waals surface area contributed by atoms with Crippen LogP contribution >= 0.6 is 0 Å². The zero-order chi connectivity index (χ0) is 7.56. The molecule has 1 aliphatic heterocycles. The summed E-state index contributed by atoms with van der Waals surface area (Å²) in [5.74, 6) is 0. The van der Waals surface area contributed by atoms with Crippen LogP contribution in [0.4, 0.5) is 0 Å². The van der Waals surface area contributed by atoms with Gasteiger partial charge in [0.2, 0.25) is 0 Å². The Labute approximate surface area is 61.5 Å². The van der Waals surface area contributed by atoms with Crippen LogP contribution in [-0.2, 0) is 4.74 Å². The highest BCUT2D eigenvalue weighted by Crippen LogP contribution is 2.19. The first kappa shape index (κ1) is 7.76. The summed E-state index contributed by atoms with van der Waals surface area (Å²) < 4.78 is 5.29. The molecule has 0 aromatic rings. The minimum atomic E-state index is -0.334. The quantitative estimate of drug-likeness (QED) is 0.555. The smallest absolute Gasteiger partial charge is 0.0758 e. The molecule has 0 aromatic carbocycles. The van der Waals surface area contributed by atoms with E-state index in [1.165, 1.54) is 5.57 Å². The third-order valence-corrected chi connectivity index (χ3v) is 1.74. The number of hydrogen-bond donors (Lipinski definition) is 1. The van der Waals surface area contributed by atoms with Gasteiger partial charge in [-0.25, -0.2) is 0 Å². The van der Waals surface area contributed by atoms with E-state index < -0.39 is 0 Å². The fourth-order valence-electron chi connectivity index (χ4n) is 1.19. The highest BCUT2D eigenvalue weighted by Gasteiger charge is 2.16. The molecule has 58 valence electrons. The van der Waals surface area contributed by atoms with Crippen LogP contribution in [0.2, 0.25) is 0 Å². The van der Waals surface area contributed by atoms with Crippen LogP contribution in [0.1, 0.15) is 20.3 Å². The van der Waals surface area contributed by atoms with Gasteiger partial charge < -0.3 is 9.84 Å². The lowest BCUT2D eigenvalue weighted by Gasteiger charge is -2.04. The zero-order valence-electron chi connectivity index (χ0n) is 6.50. The average molecular weight is 142 g/mol. The summed E-state index contributed by atoms with van der Waals surface area (Å²) in [6, 6.07) is 0. The van der Waals surface area contributed by atoms with Crippen LogP contribution in [-0.4, -0.2) is 23.9 Å². The van der Waals surface area contributed by atoms with Crippen molar-refractivity contribution in [2.45, 2.75) is 32.5 Å². The number of ether oxygens (including phenoxy) is 1. The predicted molar refractivity (Wildman–Crippen MR) is 39.8 cm³/mol. The van der Waals surface area contributed by atoms with E-state index in [4.69, 9.17) is 9.84 Å². The van der Waals surface area contributed by atoms with Crippen LogP contribution < -0.4 is 0 Å². The van der Waals surface area contributed by atoms with Gasteiger partial charge in [0.15, 0.2) is 0 Å². The Morgan fingerprint density at radius 3 is 2.90 bits per heavy atom. The van der Waals surface area contributed by atoms with Crippen molar-refractivity contribution in [3.05, 3.63) is 11.6 Å². The summed E-state index contributed by atoms with van der Waals surface area (Å²) in [5, 5.41) is 9.00. The lowest BCUT2D eigenvalue weighted by molar-refractivity contribution is 0.137. The maximum atomic E-state index is 9.00. The summed E-state index contributed by atoms with van der Waals surface area (Å²) >= 11 is 0. The molecule has 0 bridgehead atoms. The van der Waals surface area contributed by atoms with Crippen molar-refractivity contribution in [3.63, 3.8) is 0 Å². The first-order valence-corrected chi connectivity index (χ1v) is 3.70. The number of aliphatic hydroxyl groups is 1. The van der Waals surface area contributed by atoms with Crippen molar-refractivity contribution in [3.8, 4) is 0 Å². The van der Waals surface area contributed by atoms with Gasteiger partial charge in [0.05, 0.1) is 18.8 Å². The maximum absolute atomic E-state index is 9.00. The molecular weight excluding hydrogens is 128 g/mol. The van der Waals surface area contributed by atoms with Gasteiger partial charge in [0, 0.05) is 0 Å². The van der Waals surface area contributed by atoms with Crippen LogP contribution in [0.5, 0.6) is 0 Å². The SMILES string of the molecule is CC(O)/C=C1/CCOC1C. The van der Waals surface area contributed by atoms with Gasteiger partial charge in [0.1, 0.15) is 0 Å². The van der Waals surface area contributed by atoms with Gasteiger partial charge in [0.25, 0.3) is 0 Å². The third kappa shape index (κ3) is 1.82. The van der Waals surface area contributed by atoms with Gasteiger partial charge in [-0.2, -0.15) is 0 Å². The summed E-state index contributed by atoms with van der Waals surface area (Å²) in [5.41, 5.74) is 1.23. The molecule has 1 saturated heterocycles. The molecule has 0 amide bonds. The topological polar surface area (TPSA) is 29.5 Å². The second-order valence-corrected chi connectivity index (χ2v) is 2.75. The minimum Gasteiger partial charge on any atom is -0.389 e. The standard InChI is InChI=1S/C8H14O2/c1-6(9)5-8-3-4-10-7(8)2/h5-7,9H,3-4H2,1-2H3/b8-5-. The van der Waals surface area contributed by atoms with Gasteiger partial charge >= 0.3 is 0 Å². The summed E-state index contributed by atoms with van der Waals surface area (Å²) in [7, 11) is 0. The third-order valence-electron chi connectivity index (χ3n) is 1.74. The lowest BCUT2D eigenvalue weighted by Crippen LogP contribution is -2.03. The molecule has 0 aromatic heterocycles. The fraction of sp³-hybridized carbons (Fsp3) is 0.750. The number of rotatable bonds is 1. The molecule has 2 nitrogen and oxygen atoms in total. The van der Waals surface area contributed by atoms with E-state index in [1.807, 2.05) is 13.0 Å². The monoisotopic (exact) mass is 142 g/mol. The van der Waals surface area contributed by atoms with Crippen LogP contribution in [0.3, 0.4) is 0 Å². The molecule has 0 spiro atoms. The Hall–Kier alpha value is -0.340. The maximum Gasteiger partial charge on any atom is 0.0758 e. The molecule has 0 radical (unpaired) electrons. The Bertz CT molecular complexity index is 138. The Kier molecular flexibility index (Phi) is 2.46. The van der Waals surface area contributed by atoms with Crippen molar-refractivity contribution < 1.29 is 9.84 Å². The zero-order valence-corrected chi connectivity index (χ0v) is 6.50. The van der Waals surface area contributed by atoms with Crippen molar-refractivity contribution in [1.82, 2.24) is 0 Å². The van der Waals surface area contributed by atoms with Crippen molar-refractivity contribution in [2.75, 3.05) is 6.61 Å². The molecule has 2 atom stereocenters. The van der Waals surface area contributed by atoms with Gasteiger partial charge in [-0.1, -0.05) is 6.08 Å². The van der Waals surface area contributed by atoms with E-state index >= 15 is 0 Å². The number of aliphatic hydroxyl groups excluding tert-OH is 1. The number of hydrogen-bond acceptors (Lipinski definition) is 2. The van der Waals surface area contributed by atoms with Crippen LogP contribution in [0, 0.1) is 0 Å².